The summed E-state index contributed by atoms with van der Waals surface area (Å²) in [6, 6.07) is 7.63. The molecule has 190 valence electrons. The van der Waals surface area contributed by atoms with Crippen LogP contribution in [0, 0.1) is 11.6 Å². The highest BCUT2D eigenvalue weighted by atomic mass is 35.5. The fourth-order valence-electron chi connectivity index (χ4n) is 3.53. The van der Waals surface area contributed by atoms with Gasteiger partial charge in [-0.05, 0) is 47.8 Å². The van der Waals surface area contributed by atoms with Gasteiger partial charge in [0.25, 0.3) is 5.56 Å². The molecule has 0 radical (unpaired) electrons. The van der Waals surface area contributed by atoms with Crippen molar-refractivity contribution in [3.8, 4) is 5.88 Å². The topological polar surface area (TPSA) is 64.2 Å². The lowest BCUT2D eigenvalue weighted by molar-refractivity contribution is -0.137. The third-order valence-corrected chi connectivity index (χ3v) is 5.87. The Morgan fingerprint density at radius 2 is 1.58 bits per heavy atom. The van der Waals surface area contributed by atoms with Crippen molar-refractivity contribution in [3.05, 3.63) is 110 Å². The Morgan fingerprint density at radius 3 is 2.25 bits per heavy atom. The number of alkyl halides is 3. The minimum Gasteiger partial charge on any atom is -0.494 e. The third kappa shape index (κ3) is 5.76. The van der Waals surface area contributed by atoms with Crippen molar-refractivity contribution in [3.63, 3.8) is 0 Å². The lowest BCUT2D eigenvalue weighted by Crippen LogP contribution is -2.39. The first kappa shape index (κ1) is 26.9. The zero-order valence-electron chi connectivity index (χ0n) is 18.7. The molecule has 11 heteroatoms. The van der Waals surface area contributed by atoms with Gasteiger partial charge in [0.05, 0.1) is 16.7 Å². The number of nitrogens with zero attached hydrogens (tertiary/aromatic N) is 2. The average Bonchev–Trinajstić information content (AvgIpc) is 2.79. The molecule has 3 rings (SSSR count). The lowest BCUT2D eigenvalue weighted by atomic mass is 10.0. The number of benzene rings is 2. The predicted molar refractivity (Wildman–Crippen MR) is 127 cm³/mol. The van der Waals surface area contributed by atoms with Crippen LogP contribution in [0.25, 0.3) is 11.1 Å². The summed E-state index contributed by atoms with van der Waals surface area (Å²) in [4.78, 5) is 25.2. The van der Waals surface area contributed by atoms with E-state index in [9.17, 15) is 36.6 Å². The zero-order chi connectivity index (χ0) is 26.8. The van der Waals surface area contributed by atoms with Crippen LogP contribution in [0.3, 0.4) is 0 Å². The molecular formula is C25H20ClF5N2O3. The Hall–Kier alpha value is -3.66. The molecule has 2 aromatic carbocycles. The highest BCUT2D eigenvalue weighted by molar-refractivity contribution is 6.31. The first-order chi connectivity index (χ1) is 16.8. The van der Waals surface area contributed by atoms with E-state index in [0.717, 1.165) is 33.4 Å². The van der Waals surface area contributed by atoms with E-state index in [1.165, 1.54) is 18.2 Å². The maximum atomic E-state index is 14.0. The first-order valence-electron chi connectivity index (χ1n) is 10.5. The van der Waals surface area contributed by atoms with E-state index in [-0.39, 0.29) is 48.2 Å². The molecule has 5 nitrogen and oxygen atoms in total. The maximum Gasteiger partial charge on any atom is 0.417 e. The van der Waals surface area contributed by atoms with Gasteiger partial charge in [-0.25, -0.2) is 13.6 Å². The number of allylic oxidation sites excluding steroid dienone is 2. The first-order valence-corrected chi connectivity index (χ1v) is 10.9. The minimum absolute atomic E-state index is 0.0359. The number of aromatic hydroxyl groups is 1. The fraction of sp³-hybridized carbons (Fsp3) is 0.200. The van der Waals surface area contributed by atoms with Crippen molar-refractivity contribution in [1.29, 1.82) is 0 Å². The number of hydrogen-bond donors (Lipinski definition) is 1. The molecule has 0 atom stereocenters. The summed E-state index contributed by atoms with van der Waals surface area (Å²) in [5, 5.41) is 9.66. The van der Waals surface area contributed by atoms with E-state index < -0.39 is 45.5 Å². The van der Waals surface area contributed by atoms with Gasteiger partial charge < -0.3 is 5.11 Å². The smallest absolute Gasteiger partial charge is 0.417 e. The molecule has 0 aliphatic heterocycles. The van der Waals surface area contributed by atoms with Crippen LogP contribution in [0.1, 0.15) is 29.5 Å². The zero-order valence-corrected chi connectivity index (χ0v) is 19.5. The van der Waals surface area contributed by atoms with Crippen molar-refractivity contribution in [2.45, 2.75) is 32.1 Å². The maximum absolute atomic E-state index is 14.0. The monoisotopic (exact) mass is 526 g/mol. The van der Waals surface area contributed by atoms with Crippen LogP contribution in [0.4, 0.5) is 22.0 Å². The standard InChI is InChI=1S/C25H20ClF5N2O3/c1-14(16-6-7-19(26)18(12-16)25(29,30)31)8-10-32-21(34)13-22(35)33(24(32)36)11-9-15(2)17-4-3-5-20(27)23(17)28/h3-7,12-13,34H,1-2,8-11H2. The van der Waals surface area contributed by atoms with Gasteiger partial charge in [0, 0.05) is 18.7 Å². The molecule has 0 saturated heterocycles. The molecule has 0 amide bonds. The lowest BCUT2D eigenvalue weighted by Gasteiger charge is -2.15. The van der Waals surface area contributed by atoms with E-state index >= 15 is 0 Å². The Kier molecular flexibility index (Phi) is 7.88. The summed E-state index contributed by atoms with van der Waals surface area (Å²) in [7, 11) is 0. The van der Waals surface area contributed by atoms with Gasteiger partial charge in [-0.1, -0.05) is 43.0 Å². The molecule has 0 spiro atoms. The van der Waals surface area contributed by atoms with E-state index in [4.69, 9.17) is 11.6 Å². The Balaban J connectivity index is 1.79. The molecule has 0 saturated carbocycles. The quantitative estimate of drug-likeness (QED) is 0.373. The van der Waals surface area contributed by atoms with Crippen molar-refractivity contribution >= 4 is 22.7 Å². The highest BCUT2D eigenvalue weighted by Crippen LogP contribution is 2.36. The molecule has 1 aromatic heterocycles. The second-order valence-corrected chi connectivity index (χ2v) is 8.33. The van der Waals surface area contributed by atoms with Gasteiger partial charge in [-0.3, -0.25) is 13.9 Å². The average molecular weight is 527 g/mol. The minimum atomic E-state index is -4.67. The summed E-state index contributed by atoms with van der Waals surface area (Å²) >= 11 is 5.63. The van der Waals surface area contributed by atoms with Crippen LogP contribution < -0.4 is 11.2 Å². The van der Waals surface area contributed by atoms with Crippen molar-refractivity contribution in [2.75, 3.05) is 0 Å². The SMILES string of the molecule is C=C(CCn1c(O)cc(=O)n(CCC(=C)c2cccc(F)c2F)c1=O)c1ccc(Cl)c(C(F)(F)F)c1. The van der Waals surface area contributed by atoms with Crippen LogP contribution in [0.5, 0.6) is 5.88 Å². The predicted octanol–water partition coefficient (Wildman–Crippen LogP) is 5.87. The van der Waals surface area contributed by atoms with Gasteiger partial charge in [-0.2, -0.15) is 13.2 Å². The van der Waals surface area contributed by atoms with Crippen molar-refractivity contribution in [1.82, 2.24) is 9.13 Å². The molecule has 3 aromatic rings. The van der Waals surface area contributed by atoms with Gasteiger partial charge in [0.15, 0.2) is 11.6 Å². The fourth-order valence-corrected chi connectivity index (χ4v) is 3.76. The van der Waals surface area contributed by atoms with Crippen molar-refractivity contribution in [2.24, 2.45) is 0 Å². The van der Waals surface area contributed by atoms with Crippen LogP contribution in [0.15, 0.2) is 65.2 Å². The van der Waals surface area contributed by atoms with Crippen molar-refractivity contribution < 1.29 is 27.1 Å². The van der Waals surface area contributed by atoms with E-state index in [1.54, 1.807) is 0 Å². The molecule has 0 aliphatic rings. The number of aromatic nitrogens is 2. The Bertz CT molecular complexity index is 1460. The number of rotatable bonds is 8. The van der Waals surface area contributed by atoms with E-state index in [1.807, 2.05) is 0 Å². The summed E-state index contributed by atoms with van der Waals surface area (Å²) in [6.45, 7) is 6.99. The third-order valence-electron chi connectivity index (χ3n) is 5.54. The van der Waals surface area contributed by atoms with Crippen LogP contribution in [0.2, 0.25) is 5.02 Å². The number of halogens is 6. The Labute approximate surface area is 207 Å². The molecule has 0 fully saturated rings. The van der Waals surface area contributed by atoms with Gasteiger partial charge in [0.2, 0.25) is 5.88 Å². The van der Waals surface area contributed by atoms with Gasteiger partial charge in [0.1, 0.15) is 0 Å². The molecular weight excluding hydrogens is 507 g/mol. The molecule has 36 heavy (non-hydrogen) atoms. The summed E-state index contributed by atoms with van der Waals surface area (Å²) in [6.07, 6.45) is -4.78. The second-order valence-electron chi connectivity index (χ2n) is 7.93. The van der Waals surface area contributed by atoms with Gasteiger partial charge in [-0.15, -0.1) is 0 Å². The molecule has 1 N–H and O–H groups in total. The second kappa shape index (κ2) is 10.5. The summed E-state index contributed by atoms with van der Waals surface area (Å²) in [5.74, 6) is -2.82. The van der Waals surface area contributed by atoms with Crippen LogP contribution in [-0.2, 0) is 19.3 Å². The Morgan fingerprint density at radius 1 is 0.944 bits per heavy atom. The largest absolute Gasteiger partial charge is 0.494 e. The van der Waals surface area contributed by atoms with Crippen LogP contribution in [-0.4, -0.2) is 14.2 Å². The van der Waals surface area contributed by atoms with Crippen LogP contribution >= 0.6 is 11.6 Å². The summed E-state index contributed by atoms with van der Waals surface area (Å²) < 4.78 is 68.5. The molecule has 1 heterocycles. The number of hydrogen-bond acceptors (Lipinski definition) is 3. The van der Waals surface area contributed by atoms with Gasteiger partial charge >= 0.3 is 11.9 Å². The summed E-state index contributed by atoms with van der Waals surface area (Å²) in [5.41, 5.74) is -2.34. The van der Waals surface area contributed by atoms with E-state index in [2.05, 4.69) is 13.2 Å². The highest BCUT2D eigenvalue weighted by Gasteiger charge is 2.33. The molecule has 0 aliphatic carbocycles. The van der Waals surface area contributed by atoms with E-state index in [0.29, 0.717) is 0 Å². The molecule has 0 unspecified atom stereocenters. The normalized spacial score (nSPS) is 11.5. The molecule has 0 bridgehead atoms.